The maximum absolute atomic E-state index is 8.03. The Balaban J connectivity index is 3.36. The molecule has 0 saturated carbocycles. The van der Waals surface area contributed by atoms with Crippen molar-refractivity contribution in [1.82, 2.24) is 5.32 Å². The molecule has 0 fully saturated rings. The molecule has 0 heterocycles. The van der Waals surface area contributed by atoms with Crippen LogP contribution in [0.2, 0.25) is 0 Å². The molecule has 0 aliphatic rings. The third kappa shape index (κ3) is 2.56. The molecule has 44 valence electrons. The Labute approximate surface area is 43.2 Å². The molecule has 0 bridgehead atoms. The van der Waals surface area contributed by atoms with E-state index in [0.29, 0.717) is 0 Å². The summed E-state index contributed by atoms with van der Waals surface area (Å²) in [6.45, 7) is 3.43. The fraction of sp³-hybridized carbons (Fsp3) is 1.00. The predicted molar refractivity (Wildman–Crippen MR) is 26.9 cm³/mol. The largest absolute Gasteiger partial charge is 0.290 e. The molecule has 0 aliphatic heterocycles. The molecule has 3 nitrogen and oxygen atoms in total. The third-order valence-corrected chi connectivity index (χ3v) is 0.830. The smallest absolute Gasteiger partial charge is 0.148 e. The second-order valence-corrected chi connectivity index (χ2v) is 1.85. The normalized spacial score (nSPS) is 12.0. The number of rotatable bonds is 2. The first-order valence-electron chi connectivity index (χ1n) is 2.14. The van der Waals surface area contributed by atoms with Crippen molar-refractivity contribution in [1.29, 1.82) is 0 Å². The molecule has 0 atom stereocenters. The Hall–Kier alpha value is -0.120. The Morgan fingerprint density at radius 3 is 2.00 bits per heavy atom. The molecule has 0 unspecified atom stereocenters. The average Bonchev–Trinajstić information content (AvgIpc) is 1.68. The lowest BCUT2D eigenvalue weighted by Crippen LogP contribution is -2.37. The minimum absolute atomic E-state index is 0.611. The summed E-state index contributed by atoms with van der Waals surface area (Å²) in [6, 6.07) is 0. The van der Waals surface area contributed by atoms with Gasteiger partial charge >= 0.3 is 0 Å². The molecular formula is C4H11NO2. The van der Waals surface area contributed by atoms with Gasteiger partial charge in [0, 0.05) is 0 Å². The van der Waals surface area contributed by atoms with Crippen LogP contribution in [0.1, 0.15) is 13.8 Å². The van der Waals surface area contributed by atoms with Crippen LogP contribution in [0.3, 0.4) is 0 Å². The molecular weight excluding hydrogens is 94.0 g/mol. The van der Waals surface area contributed by atoms with Crippen molar-refractivity contribution in [3.63, 3.8) is 0 Å². The lowest BCUT2D eigenvalue weighted by atomic mass is 10.3. The van der Waals surface area contributed by atoms with E-state index in [1.165, 1.54) is 0 Å². The zero-order valence-corrected chi connectivity index (χ0v) is 4.86. The van der Waals surface area contributed by atoms with Gasteiger partial charge in [0.05, 0.1) is 0 Å². The summed E-state index contributed by atoms with van der Waals surface area (Å²) in [4.78, 5) is 3.98. The predicted octanol–water partition coefficient (Wildman–Crippen LogP) is 0.431. The first kappa shape index (κ1) is 6.88. The Kier molecular flexibility index (Phi) is 2.22. The summed E-state index contributed by atoms with van der Waals surface area (Å²) < 4.78 is 0. The van der Waals surface area contributed by atoms with Gasteiger partial charge in [0.1, 0.15) is 5.72 Å². The molecule has 0 radical (unpaired) electrons. The van der Waals surface area contributed by atoms with Crippen LogP contribution in [0.25, 0.3) is 0 Å². The maximum Gasteiger partial charge on any atom is 0.148 e. The zero-order chi connectivity index (χ0) is 5.91. The summed E-state index contributed by atoms with van der Waals surface area (Å²) >= 11 is 0. The van der Waals surface area contributed by atoms with E-state index in [0.717, 1.165) is 0 Å². The molecule has 7 heavy (non-hydrogen) atoms. The highest BCUT2D eigenvalue weighted by atomic mass is 17.1. The Bertz CT molecular complexity index is 47.7. The fourth-order valence-corrected chi connectivity index (χ4v) is 0.0456. The Morgan fingerprint density at radius 2 is 2.00 bits per heavy atom. The maximum atomic E-state index is 8.03. The van der Waals surface area contributed by atoms with E-state index < -0.39 is 5.72 Å². The van der Waals surface area contributed by atoms with Crippen LogP contribution >= 0.6 is 0 Å². The van der Waals surface area contributed by atoms with Gasteiger partial charge in [0.15, 0.2) is 0 Å². The summed E-state index contributed by atoms with van der Waals surface area (Å²) in [5.74, 6) is 0. The SMILES string of the molecule is CNC(C)(C)OO. The van der Waals surface area contributed by atoms with E-state index in [9.17, 15) is 0 Å². The molecule has 2 N–H and O–H groups in total. The molecule has 0 aromatic heterocycles. The molecule has 0 aromatic carbocycles. The van der Waals surface area contributed by atoms with Crippen molar-refractivity contribution in [2.45, 2.75) is 19.6 Å². The van der Waals surface area contributed by atoms with Crippen LogP contribution < -0.4 is 5.32 Å². The summed E-state index contributed by atoms with van der Waals surface area (Å²) in [7, 11) is 1.70. The van der Waals surface area contributed by atoms with Crippen LogP contribution in [-0.2, 0) is 4.89 Å². The van der Waals surface area contributed by atoms with E-state index in [2.05, 4.69) is 10.2 Å². The number of hydrogen-bond acceptors (Lipinski definition) is 3. The van der Waals surface area contributed by atoms with Crippen molar-refractivity contribution >= 4 is 0 Å². The van der Waals surface area contributed by atoms with E-state index in [1.807, 2.05) is 0 Å². The molecule has 0 amide bonds. The first-order chi connectivity index (χ1) is 3.12. The van der Waals surface area contributed by atoms with Gasteiger partial charge in [-0.05, 0) is 20.9 Å². The summed E-state index contributed by atoms with van der Waals surface area (Å²) in [5, 5.41) is 10.8. The van der Waals surface area contributed by atoms with Gasteiger partial charge in [-0.25, -0.2) is 10.1 Å². The van der Waals surface area contributed by atoms with Crippen molar-refractivity contribution < 1.29 is 10.1 Å². The van der Waals surface area contributed by atoms with Crippen LogP contribution in [-0.4, -0.2) is 18.0 Å². The quantitative estimate of drug-likeness (QED) is 0.304. The van der Waals surface area contributed by atoms with Gasteiger partial charge < -0.3 is 0 Å². The molecule has 0 spiro atoms. The first-order valence-corrected chi connectivity index (χ1v) is 2.14. The topological polar surface area (TPSA) is 41.5 Å². The van der Waals surface area contributed by atoms with Crippen molar-refractivity contribution in [3.8, 4) is 0 Å². The van der Waals surface area contributed by atoms with Gasteiger partial charge in [-0.3, -0.25) is 5.32 Å². The number of hydrogen-bond donors (Lipinski definition) is 2. The standard InChI is InChI=1S/C4H11NO2/c1-4(2,5-3)7-6/h5-6H,1-3H3. The van der Waals surface area contributed by atoms with Gasteiger partial charge in [-0.15, -0.1) is 0 Å². The third-order valence-electron chi connectivity index (χ3n) is 0.830. The highest BCUT2D eigenvalue weighted by molar-refractivity contribution is 4.56. The van der Waals surface area contributed by atoms with Crippen LogP contribution in [0.5, 0.6) is 0 Å². The lowest BCUT2D eigenvalue weighted by Gasteiger charge is -2.18. The minimum Gasteiger partial charge on any atom is -0.290 e. The average molecular weight is 105 g/mol. The molecule has 0 rings (SSSR count). The second kappa shape index (κ2) is 2.26. The van der Waals surface area contributed by atoms with Crippen LogP contribution in [0.15, 0.2) is 0 Å². The Morgan fingerprint density at radius 1 is 1.57 bits per heavy atom. The minimum atomic E-state index is -0.611. The zero-order valence-electron chi connectivity index (χ0n) is 4.86. The monoisotopic (exact) mass is 105 g/mol. The molecule has 0 aliphatic carbocycles. The second-order valence-electron chi connectivity index (χ2n) is 1.85. The van der Waals surface area contributed by atoms with Gasteiger partial charge in [0.2, 0.25) is 0 Å². The molecule has 3 heteroatoms. The van der Waals surface area contributed by atoms with E-state index in [1.54, 1.807) is 20.9 Å². The van der Waals surface area contributed by atoms with Crippen molar-refractivity contribution in [2.75, 3.05) is 7.05 Å². The van der Waals surface area contributed by atoms with Gasteiger partial charge in [-0.1, -0.05) is 0 Å². The van der Waals surface area contributed by atoms with Gasteiger partial charge in [0.25, 0.3) is 0 Å². The fourth-order valence-electron chi connectivity index (χ4n) is 0.0456. The van der Waals surface area contributed by atoms with Crippen molar-refractivity contribution in [2.24, 2.45) is 0 Å². The van der Waals surface area contributed by atoms with Gasteiger partial charge in [-0.2, -0.15) is 0 Å². The van der Waals surface area contributed by atoms with Crippen molar-refractivity contribution in [3.05, 3.63) is 0 Å². The van der Waals surface area contributed by atoms with E-state index in [4.69, 9.17) is 5.26 Å². The summed E-state index contributed by atoms with van der Waals surface area (Å²) in [5.41, 5.74) is -0.611. The molecule has 0 aromatic rings. The van der Waals surface area contributed by atoms with Crippen LogP contribution in [0.4, 0.5) is 0 Å². The highest BCUT2D eigenvalue weighted by Gasteiger charge is 2.12. The van der Waals surface area contributed by atoms with Crippen LogP contribution in [0, 0.1) is 0 Å². The highest BCUT2D eigenvalue weighted by Crippen LogP contribution is 1.97. The number of nitrogens with one attached hydrogen (secondary N) is 1. The molecule has 0 saturated heterocycles. The van der Waals surface area contributed by atoms with E-state index >= 15 is 0 Å². The lowest BCUT2D eigenvalue weighted by molar-refractivity contribution is -0.320. The summed E-state index contributed by atoms with van der Waals surface area (Å²) in [6.07, 6.45) is 0. The van der Waals surface area contributed by atoms with E-state index in [-0.39, 0.29) is 0 Å².